The van der Waals surface area contributed by atoms with Gasteiger partial charge >= 0.3 is 0 Å². The highest BCUT2D eigenvalue weighted by Gasteiger charge is 2.41. The van der Waals surface area contributed by atoms with Crippen molar-refractivity contribution in [3.63, 3.8) is 0 Å². The topological polar surface area (TPSA) is 17.8 Å². The van der Waals surface area contributed by atoms with Crippen LogP contribution in [0.2, 0.25) is 0 Å². The molecule has 0 aromatic carbocycles. The Labute approximate surface area is 91.7 Å². The molecule has 15 heavy (non-hydrogen) atoms. The largest absolute Gasteiger partial charge is 0.270 e. The van der Waals surface area contributed by atoms with E-state index in [2.05, 4.69) is 22.8 Å². The van der Waals surface area contributed by atoms with Gasteiger partial charge in [0.15, 0.2) is 0 Å². The molecule has 0 spiro atoms. The van der Waals surface area contributed by atoms with Gasteiger partial charge in [-0.15, -0.1) is 0 Å². The second-order valence-electron chi connectivity index (χ2n) is 5.18. The van der Waals surface area contributed by atoms with E-state index in [0.29, 0.717) is 0 Å². The molecule has 2 heteroatoms. The maximum Gasteiger partial charge on any atom is 0.0492 e. The lowest BCUT2D eigenvalue weighted by Crippen LogP contribution is -2.13. The zero-order valence-electron chi connectivity index (χ0n) is 9.52. The summed E-state index contributed by atoms with van der Waals surface area (Å²) in [5.74, 6) is 3.09. The molecule has 2 saturated carbocycles. The SMILES string of the molecule is CCn1nccc1CC(C1CC1)C1CC1. The fraction of sp³-hybridized carbons (Fsp3) is 0.769. The number of hydrogen-bond acceptors (Lipinski definition) is 1. The molecule has 0 atom stereocenters. The molecule has 0 aliphatic heterocycles. The number of hydrogen-bond donors (Lipinski definition) is 0. The van der Waals surface area contributed by atoms with E-state index in [-0.39, 0.29) is 0 Å². The third-order valence-electron chi connectivity index (χ3n) is 4.00. The van der Waals surface area contributed by atoms with Gasteiger partial charge in [0.05, 0.1) is 0 Å². The number of aryl methyl sites for hydroxylation is 1. The summed E-state index contributed by atoms with van der Waals surface area (Å²) in [6.07, 6.45) is 9.19. The molecule has 82 valence electrons. The predicted octanol–water partition coefficient (Wildman–Crippen LogP) is 2.88. The van der Waals surface area contributed by atoms with Gasteiger partial charge in [0, 0.05) is 18.4 Å². The van der Waals surface area contributed by atoms with Crippen LogP contribution in [0.5, 0.6) is 0 Å². The first-order valence-corrected chi connectivity index (χ1v) is 6.39. The van der Waals surface area contributed by atoms with Crippen molar-refractivity contribution < 1.29 is 0 Å². The molecule has 0 bridgehead atoms. The quantitative estimate of drug-likeness (QED) is 0.721. The number of aromatic nitrogens is 2. The Morgan fingerprint density at radius 1 is 1.33 bits per heavy atom. The zero-order valence-corrected chi connectivity index (χ0v) is 9.52. The Balaban J connectivity index is 1.71. The normalized spacial score (nSPS) is 21.2. The van der Waals surface area contributed by atoms with Crippen LogP contribution < -0.4 is 0 Å². The minimum atomic E-state index is 0.979. The maximum atomic E-state index is 4.36. The summed E-state index contributed by atoms with van der Waals surface area (Å²) in [7, 11) is 0. The van der Waals surface area contributed by atoms with Gasteiger partial charge in [-0.1, -0.05) is 0 Å². The summed E-state index contributed by atoms with van der Waals surface area (Å²) in [5, 5.41) is 4.36. The van der Waals surface area contributed by atoms with Gasteiger partial charge in [-0.3, -0.25) is 4.68 Å². The molecule has 0 saturated heterocycles. The first kappa shape index (κ1) is 9.44. The summed E-state index contributed by atoms with van der Waals surface area (Å²) in [5.41, 5.74) is 1.46. The minimum Gasteiger partial charge on any atom is -0.270 e. The first-order chi connectivity index (χ1) is 7.38. The van der Waals surface area contributed by atoms with Crippen molar-refractivity contribution in [2.45, 2.75) is 45.6 Å². The molecule has 0 N–H and O–H groups in total. The highest BCUT2D eigenvalue weighted by Crippen LogP contribution is 2.50. The monoisotopic (exact) mass is 204 g/mol. The molecule has 0 amide bonds. The average molecular weight is 204 g/mol. The van der Waals surface area contributed by atoms with Gasteiger partial charge in [-0.25, -0.2) is 0 Å². The van der Waals surface area contributed by atoms with E-state index < -0.39 is 0 Å². The van der Waals surface area contributed by atoms with E-state index in [0.717, 1.165) is 24.3 Å². The molecule has 1 heterocycles. The standard InChI is InChI=1S/C13H20N2/c1-2-15-12(7-8-14-15)9-13(10-3-4-10)11-5-6-11/h7-8,10-11,13H,2-6,9H2,1H3. The van der Waals surface area contributed by atoms with E-state index >= 15 is 0 Å². The van der Waals surface area contributed by atoms with Crippen molar-refractivity contribution in [3.8, 4) is 0 Å². The van der Waals surface area contributed by atoms with Crippen LogP contribution in [0.15, 0.2) is 12.3 Å². The predicted molar refractivity (Wildman–Crippen MR) is 60.5 cm³/mol. The van der Waals surface area contributed by atoms with Crippen LogP contribution in [-0.4, -0.2) is 9.78 Å². The third-order valence-corrected chi connectivity index (χ3v) is 4.00. The van der Waals surface area contributed by atoms with E-state index in [1.807, 2.05) is 6.20 Å². The van der Waals surface area contributed by atoms with Gasteiger partial charge in [-0.2, -0.15) is 5.10 Å². The molecule has 2 aliphatic carbocycles. The average Bonchev–Trinajstić information content (AvgIpc) is 3.14. The molecular formula is C13H20N2. The molecule has 1 aromatic rings. The second-order valence-corrected chi connectivity index (χ2v) is 5.18. The lowest BCUT2D eigenvalue weighted by Gasteiger charge is -2.15. The number of nitrogens with zero attached hydrogens (tertiary/aromatic N) is 2. The Bertz CT molecular complexity index is 322. The molecule has 2 nitrogen and oxygen atoms in total. The van der Waals surface area contributed by atoms with Crippen LogP contribution in [-0.2, 0) is 13.0 Å². The summed E-state index contributed by atoms with van der Waals surface area (Å²) >= 11 is 0. The second kappa shape index (κ2) is 3.66. The molecule has 2 fully saturated rings. The van der Waals surface area contributed by atoms with Gasteiger partial charge in [-0.05, 0) is 62.8 Å². The summed E-state index contributed by atoms with van der Waals surface area (Å²) < 4.78 is 2.16. The molecule has 3 rings (SSSR count). The lowest BCUT2D eigenvalue weighted by molar-refractivity contribution is 0.390. The van der Waals surface area contributed by atoms with Crippen LogP contribution in [0.25, 0.3) is 0 Å². The van der Waals surface area contributed by atoms with E-state index in [9.17, 15) is 0 Å². The molecule has 0 unspecified atom stereocenters. The summed E-state index contributed by atoms with van der Waals surface area (Å²) in [6.45, 7) is 3.20. The van der Waals surface area contributed by atoms with Crippen molar-refractivity contribution in [3.05, 3.63) is 18.0 Å². The maximum absolute atomic E-state index is 4.36. The Hall–Kier alpha value is -0.790. The van der Waals surface area contributed by atoms with Gasteiger partial charge < -0.3 is 0 Å². The van der Waals surface area contributed by atoms with Crippen molar-refractivity contribution in [1.82, 2.24) is 9.78 Å². The Kier molecular flexibility index (Phi) is 2.30. The fourth-order valence-electron chi connectivity index (χ4n) is 2.83. The molecule has 1 aromatic heterocycles. The van der Waals surface area contributed by atoms with Crippen molar-refractivity contribution in [2.24, 2.45) is 17.8 Å². The highest BCUT2D eigenvalue weighted by molar-refractivity contribution is 5.05. The summed E-state index contributed by atoms with van der Waals surface area (Å²) in [4.78, 5) is 0. The third kappa shape index (κ3) is 1.95. The van der Waals surface area contributed by atoms with Gasteiger partial charge in [0.2, 0.25) is 0 Å². The van der Waals surface area contributed by atoms with E-state index in [1.54, 1.807) is 0 Å². The van der Waals surface area contributed by atoms with Crippen LogP contribution in [0.1, 0.15) is 38.3 Å². The molecular weight excluding hydrogens is 184 g/mol. The van der Waals surface area contributed by atoms with Gasteiger partial charge in [0.1, 0.15) is 0 Å². The van der Waals surface area contributed by atoms with Crippen molar-refractivity contribution >= 4 is 0 Å². The van der Waals surface area contributed by atoms with Crippen LogP contribution >= 0.6 is 0 Å². The lowest BCUT2D eigenvalue weighted by atomic mass is 9.92. The Morgan fingerprint density at radius 3 is 2.53 bits per heavy atom. The van der Waals surface area contributed by atoms with Crippen LogP contribution in [0.4, 0.5) is 0 Å². The van der Waals surface area contributed by atoms with E-state index in [4.69, 9.17) is 0 Å². The smallest absolute Gasteiger partial charge is 0.0492 e. The highest BCUT2D eigenvalue weighted by atomic mass is 15.3. The number of rotatable bonds is 5. The van der Waals surface area contributed by atoms with Crippen molar-refractivity contribution in [2.75, 3.05) is 0 Å². The first-order valence-electron chi connectivity index (χ1n) is 6.39. The minimum absolute atomic E-state index is 0.979. The van der Waals surface area contributed by atoms with Crippen molar-refractivity contribution in [1.29, 1.82) is 0 Å². The molecule has 0 radical (unpaired) electrons. The van der Waals surface area contributed by atoms with Crippen LogP contribution in [0, 0.1) is 17.8 Å². The van der Waals surface area contributed by atoms with Gasteiger partial charge in [0.25, 0.3) is 0 Å². The Morgan fingerprint density at radius 2 is 2.00 bits per heavy atom. The fourth-order valence-corrected chi connectivity index (χ4v) is 2.83. The zero-order chi connectivity index (χ0) is 10.3. The van der Waals surface area contributed by atoms with Crippen LogP contribution in [0.3, 0.4) is 0 Å². The summed E-state index contributed by atoms with van der Waals surface area (Å²) in [6, 6.07) is 2.21. The molecule has 2 aliphatic rings. The van der Waals surface area contributed by atoms with E-state index in [1.165, 1.54) is 37.8 Å².